The molecule has 1 atom stereocenters. The second-order valence-electron chi connectivity index (χ2n) is 7.07. The zero-order valence-electron chi connectivity index (χ0n) is 15.1. The fourth-order valence-electron chi connectivity index (χ4n) is 4.20. The number of benzene rings is 1. The second kappa shape index (κ2) is 5.64. The van der Waals surface area contributed by atoms with Gasteiger partial charge in [0.1, 0.15) is 6.17 Å². The highest BCUT2D eigenvalue weighted by molar-refractivity contribution is 6.07. The molecule has 2 aromatic heterocycles. The summed E-state index contributed by atoms with van der Waals surface area (Å²) < 4.78 is 5.27. The quantitative estimate of drug-likeness (QED) is 0.665. The van der Waals surface area contributed by atoms with Gasteiger partial charge < -0.3 is 14.3 Å². The molecule has 2 aliphatic heterocycles. The Morgan fingerprint density at radius 2 is 2.04 bits per heavy atom. The fraction of sp³-hybridized carbons (Fsp3) is 0.300. The van der Waals surface area contributed by atoms with Gasteiger partial charge in [-0.15, -0.1) is 0 Å². The van der Waals surface area contributed by atoms with Gasteiger partial charge in [0, 0.05) is 29.9 Å². The highest BCUT2D eigenvalue weighted by Gasteiger charge is 2.44. The van der Waals surface area contributed by atoms with Gasteiger partial charge in [-0.2, -0.15) is 0 Å². The number of pyridine rings is 1. The van der Waals surface area contributed by atoms with Gasteiger partial charge in [0.15, 0.2) is 0 Å². The highest BCUT2D eigenvalue weighted by Crippen LogP contribution is 2.39. The number of carbonyl (C=O) groups excluding carboxylic acids is 2. The SMILES string of the molecule is Cc1cc(C(=O)N2CCCN3C(=O)c4ccccc4[C@@H]32)c2c(C)noc2n1. The molecule has 1 fully saturated rings. The summed E-state index contributed by atoms with van der Waals surface area (Å²) in [5.41, 5.74) is 3.79. The van der Waals surface area contributed by atoms with Crippen molar-refractivity contribution in [1.29, 1.82) is 0 Å². The number of aromatic nitrogens is 2. The fourth-order valence-corrected chi connectivity index (χ4v) is 4.20. The largest absolute Gasteiger partial charge is 0.336 e. The highest BCUT2D eigenvalue weighted by atomic mass is 16.5. The number of rotatable bonds is 1. The van der Waals surface area contributed by atoms with E-state index < -0.39 is 0 Å². The van der Waals surface area contributed by atoms with Crippen molar-refractivity contribution in [2.75, 3.05) is 13.1 Å². The summed E-state index contributed by atoms with van der Waals surface area (Å²) in [6.07, 6.45) is 0.385. The van der Waals surface area contributed by atoms with Crippen LogP contribution in [0.4, 0.5) is 0 Å². The first-order chi connectivity index (χ1) is 13.1. The standard InChI is InChI=1S/C20H18N4O3/c1-11-10-15(16-12(2)22-27-17(16)21-11)20(26)24-9-5-8-23-18(24)13-6-3-4-7-14(13)19(23)25/h3-4,6-7,10,18H,5,8-9H2,1-2H3/t18-/m0/s1. The van der Waals surface area contributed by atoms with Gasteiger partial charge in [0.25, 0.3) is 17.5 Å². The van der Waals surface area contributed by atoms with Gasteiger partial charge in [-0.3, -0.25) is 9.59 Å². The molecule has 0 N–H and O–H groups in total. The first-order valence-corrected chi connectivity index (χ1v) is 9.01. The summed E-state index contributed by atoms with van der Waals surface area (Å²) in [5.74, 6) is -0.138. The molecule has 0 aliphatic carbocycles. The Labute approximate surface area is 155 Å². The molecule has 4 heterocycles. The van der Waals surface area contributed by atoms with Gasteiger partial charge >= 0.3 is 0 Å². The van der Waals surface area contributed by atoms with Crippen molar-refractivity contribution in [3.63, 3.8) is 0 Å². The minimum Gasteiger partial charge on any atom is -0.336 e. The van der Waals surface area contributed by atoms with E-state index in [1.807, 2.05) is 31.2 Å². The Bertz CT molecular complexity index is 1100. The van der Waals surface area contributed by atoms with Gasteiger partial charge in [-0.05, 0) is 32.4 Å². The van der Waals surface area contributed by atoms with Crippen molar-refractivity contribution in [1.82, 2.24) is 19.9 Å². The lowest BCUT2D eigenvalue weighted by molar-refractivity contribution is 0.0165. The molecule has 136 valence electrons. The Morgan fingerprint density at radius 3 is 2.89 bits per heavy atom. The molecule has 2 amide bonds. The monoisotopic (exact) mass is 362 g/mol. The summed E-state index contributed by atoms with van der Waals surface area (Å²) in [4.78, 5) is 34.2. The van der Waals surface area contributed by atoms with Crippen LogP contribution < -0.4 is 0 Å². The third-order valence-electron chi connectivity index (χ3n) is 5.36. The number of nitrogens with zero attached hydrogens (tertiary/aromatic N) is 4. The molecule has 0 spiro atoms. The Kier molecular flexibility index (Phi) is 3.34. The van der Waals surface area contributed by atoms with Crippen molar-refractivity contribution < 1.29 is 14.1 Å². The average Bonchev–Trinajstić information content (AvgIpc) is 3.19. The van der Waals surface area contributed by atoms with Crippen LogP contribution in [0, 0.1) is 13.8 Å². The van der Waals surface area contributed by atoms with Crippen LogP contribution in [0.3, 0.4) is 0 Å². The summed E-state index contributed by atoms with van der Waals surface area (Å²) in [6.45, 7) is 4.87. The first kappa shape index (κ1) is 16.0. The number of amides is 2. The lowest BCUT2D eigenvalue weighted by atomic mass is 10.0. The molecule has 5 rings (SSSR count). The van der Waals surface area contributed by atoms with Crippen molar-refractivity contribution in [3.05, 3.63) is 58.4 Å². The van der Waals surface area contributed by atoms with E-state index in [0.717, 1.165) is 12.0 Å². The molecule has 0 radical (unpaired) electrons. The smallest absolute Gasteiger partial charge is 0.258 e. The van der Waals surface area contributed by atoms with Crippen molar-refractivity contribution in [2.24, 2.45) is 0 Å². The maximum atomic E-state index is 13.6. The Hall–Kier alpha value is -3.22. The third-order valence-corrected chi connectivity index (χ3v) is 5.36. The van der Waals surface area contributed by atoms with E-state index in [-0.39, 0.29) is 18.0 Å². The topological polar surface area (TPSA) is 79.5 Å². The van der Waals surface area contributed by atoms with Gasteiger partial charge in [-0.25, -0.2) is 4.98 Å². The van der Waals surface area contributed by atoms with Crippen molar-refractivity contribution >= 4 is 22.9 Å². The van der Waals surface area contributed by atoms with Crippen LogP contribution in [0.1, 0.15) is 50.3 Å². The van der Waals surface area contributed by atoms with Gasteiger partial charge in [0.05, 0.1) is 16.6 Å². The van der Waals surface area contributed by atoms with Crippen LogP contribution in [0.15, 0.2) is 34.9 Å². The van der Waals surface area contributed by atoms with E-state index in [1.165, 1.54) is 0 Å². The lowest BCUT2D eigenvalue weighted by Gasteiger charge is -2.40. The maximum absolute atomic E-state index is 13.6. The molecular formula is C20H18N4O3. The third kappa shape index (κ3) is 2.21. The minimum absolute atomic E-state index is 0.00897. The second-order valence-corrected chi connectivity index (χ2v) is 7.07. The zero-order valence-corrected chi connectivity index (χ0v) is 15.1. The van der Waals surface area contributed by atoms with Gasteiger partial charge in [0.2, 0.25) is 0 Å². The molecule has 1 aromatic carbocycles. The van der Waals surface area contributed by atoms with Crippen LogP contribution in [0.2, 0.25) is 0 Å². The maximum Gasteiger partial charge on any atom is 0.258 e. The van der Waals surface area contributed by atoms with E-state index in [2.05, 4.69) is 10.1 Å². The summed E-state index contributed by atoms with van der Waals surface area (Å²) in [6, 6.07) is 9.30. The molecule has 0 saturated carbocycles. The number of hydrogen-bond acceptors (Lipinski definition) is 5. The van der Waals surface area contributed by atoms with Crippen LogP contribution in [0.5, 0.6) is 0 Å². The average molecular weight is 362 g/mol. The predicted molar refractivity (Wildman–Crippen MR) is 97.2 cm³/mol. The molecule has 27 heavy (non-hydrogen) atoms. The zero-order chi connectivity index (χ0) is 18.7. The van der Waals surface area contributed by atoms with E-state index in [0.29, 0.717) is 46.7 Å². The summed E-state index contributed by atoms with van der Waals surface area (Å²) in [5, 5.41) is 4.61. The number of carbonyl (C=O) groups is 2. The summed E-state index contributed by atoms with van der Waals surface area (Å²) >= 11 is 0. The molecule has 1 saturated heterocycles. The van der Waals surface area contributed by atoms with Crippen LogP contribution in [0.25, 0.3) is 11.1 Å². The van der Waals surface area contributed by atoms with Crippen LogP contribution in [-0.2, 0) is 0 Å². The Morgan fingerprint density at radius 1 is 1.22 bits per heavy atom. The predicted octanol–water partition coefficient (Wildman–Crippen LogP) is 2.84. The molecular weight excluding hydrogens is 344 g/mol. The number of fused-ring (bicyclic) bond motifs is 4. The van der Waals surface area contributed by atoms with Crippen LogP contribution >= 0.6 is 0 Å². The number of hydrogen-bond donors (Lipinski definition) is 0. The molecule has 3 aromatic rings. The molecule has 0 bridgehead atoms. The van der Waals surface area contributed by atoms with Gasteiger partial charge in [-0.1, -0.05) is 23.4 Å². The van der Waals surface area contributed by atoms with Crippen molar-refractivity contribution in [3.8, 4) is 0 Å². The first-order valence-electron chi connectivity index (χ1n) is 9.01. The number of aryl methyl sites for hydroxylation is 2. The Balaban J connectivity index is 1.64. The van der Waals surface area contributed by atoms with E-state index in [1.54, 1.807) is 22.8 Å². The van der Waals surface area contributed by atoms with Crippen LogP contribution in [-0.4, -0.2) is 44.8 Å². The van der Waals surface area contributed by atoms with Crippen molar-refractivity contribution in [2.45, 2.75) is 26.4 Å². The molecule has 2 aliphatic rings. The lowest BCUT2D eigenvalue weighted by Crippen LogP contribution is -2.48. The van der Waals surface area contributed by atoms with E-state index in [9.17, 15) is 9.59 Å². The molecule has 7 nitrogen and oxygen atoms in total. The molecule has 7 heteroatoms. The normalized spacial score (nSPS) is 18.7. The minimum atomic E-state index is -0.362. The van der Waals surface area contributed by atoms with E-state index in [4.69, 9.17) is 4.52 Å². The molecule has 0 unspecified atom stereocenters. The van der Waals surface area contributed by atoms with E-state index >= 15 is 0 Å². The summed E-state index contributed by atoms with van der Waals surface area (Å²) in [7, 11) is 0.